The van der Waals surface area contributed by atoms with E-state index in [4.69, 9.17) is 5.11 Å². The van der Waals surface area contributed by atoms with Crippen LogP contribution in [0.25, 0.3) is 0 Å². The number of amides is 1. The van der Waals surface area contributed by atoms with Crippen LogP contribution in [-0.2, 0) is 9.59 Å². The Morgan fingerprint density at radius 3 is 2.00 bits per heavy atom. The SMILES string of the molecule is CCC(C)C(C)N(C(=O)C1CCC(C(=O)O)CC1)C1CC1. The van der Waals surface area contributed by atoms with Gasteiger partial charge in [-0.1, -0.05) is 20.3 Å². The van der Waals surface area contributed by atoms with Crippen LogP contribution in [0.4, 0.5) is 0 Å². The van der Waals surface area contributed by atoms with Crippen molar-refractivity contribution >= 4 is 11.9 Å². The monoisotopic (exact) mass is 295 g/mol. The number of hydrogen-bond acceptors (Lipinski definition) is 2. The molecular formula is C17H29NO3. The first-order valence-corrected chi connectivity index (χ1v) is 8.50. The average molecular weight is 295 g/mol. The summed E-state index contributed by atoms with van der Waals surface area (Å²) in [6.45, 7) is 6.57. The maximum absolute atomic E-state index is 12.9. The van der Waals surface area contributed by atoms with Crippen LogP contribution in [0, 0.1) is 17.8 Å². The summed E-state index contributed by atoms with van der Waals surface area (Å²) >= 11 is 0. The molecule has 2 aliphatic rings. The van der Waals surface area contributed by atoms with Gasteiger partial charge in [0.05, 0.1) is 5.92 Å². The van der Waals surface area contributed by atoms with Gasteiger partial charge in [0.15, 0.2) is 0 Å². The van der Waals surface area contributed by atoms with Gasteiger partial charge in [0.25, 0.3) is 0 Å². The lowest BCUT2D eigenvalue weighted by Gasteiger charge is -2.37. The van der Waals surface area contributed by atoms with Gasteiger partial charge in [0.1, 0.15) is 0 Å². The zero-order valence-corrected chi connectivity index (χ0v) is 13.5. The predicted octanol–water partition coefficient (Wildman–Crippen LogP) is 3.30. The summed E-state index contributed by atoms with van der Waals surface area (Å²) in [7, 11) is 0. The highest BCUT2D eigenvalue weighted by Crippen LogP contribution is 2.36. The zero-order valence-electron chi connectivity index (χ0n) is 13.5. The Kier molecular flexibility index (Phi) is 5.28. The fraction of sp³-hybridized carbons (Fsp3) is 0.882. The highest BCUT2D eigenvalue weighted by molar-refractivity contribution is 5.80. The molecule has 2 rings (SSSR count). The third-order valence-electron chi connectivity index (χ3n) is 5.53. The Balaban J connectivity index is 1.98. The lowest BCUT2D eigenvalue weighted by molar-refractivity contribution is -0.147. The second-order valence-corrected chi connectivity index (χ2v) is 6.99. The summed E-state index contributed by atoms with van der Waals surface area (Å²) in [5.74, 6) is -0.0879. The third-order valence-corrected chi connectivity index (χ3v) is 5.53. The minimum Gasteiger partial charge on any atom is -0.481 e. The van der Waals surface area contributed by atoms with Crippen molar-refractivity contribution in [2.24, 2.45) is 17.8 Å². The second-order valence-electron chi connectivity index (χ2n) is 6.99. The summed E-state index contributed by atoms with van der Waals surface area (Å²) in [5.41, 5.74) is 0. The maximum atomic E-state index is 12.9. The minimum atomic E-state index is -0.701. The molecule has 2 fully saturated rings. The Hall–Kier alpha value is -1.06. The Bertz CT molecular complexity index is 383. The fourth-order valence-electron chi connectivity index (χ4n) is 3.48. The van der Waals surface area contributed by atoms with E-state index in [1.54, 1.807) is 0 Å². The quantitative estimate of drug-likeness (QED) is 0.818. The molecule has 0 aromatic carbocycles. The fourth-order valence-corrected chi connectivity index (χ4v) is 3.48. The summed E-state index contributed by atoms with van der Waals surface area (Å²) < 4.78 is 0. The average Bonchev–Trinajstić information content (AvgIpc) is 3.31. The number of rotatable bonds is 6. The Labute approximate surface area is 127 Å². The summed E-state index contributed by atoms with van der Waals surface area (Å²) in [6, 6.07) is 0.742. The van der Waals surface area contributed by atoms with Gasteiger partial charge >= 0.3 is 5.97 Å². The molecule has 1 N–H and O–H groups in total. The lowest BCUT2D eigenvalue weighted by atomic mass is 9.81. The minimum absolute atomic E-state index is 0.0488. The Morgan fingerprint density at radius 1 is 1.05 bits per heavy atom. The molecule has 0 heterocycles. The van der Waals surface area contributed by atoms with Gasteiger partial charge in [0.2, 0.25) is 5.91 Å². The highest BCUT2D eigenvalue weighted by atomic mass is 16.4. The van der Waals surface area contributed by atoms with E-state index in [1.165, 1.54) is 0 Å². The van der Waals surface area contributed by atoms with Gasteiger partial charge in [-0.3, -0.25) is 9.59 Å². The van der Waals surface area contributed by atoms with Gasteiger partial charge in [-0.05, 0) is 51.4 Å². The molecule has 0 aromatic heterocycles. The maximum Gasteiger partial charge on any atom is 0.306 e. The normalized spacial score (nSPS) is 28.7. The predicted molar refractivity (Wildman–Crippen MR) is 81.9 cm³/mol. The number of hydrogen-bond donors (Lipinski definition) is 1. The summed E-state index contributed by atoms with van der Waals surface area (Å²) in [6.07, 6.45) is 6.15. The van der Waals surface area contributed by atoms with Gasteiger partial charge in [-0.15, -0.1) is 0 Å². The first-order valence-electron chi connectivity index (χ1n) is 8.50. The highest BCUT2D eigenvalue weighted by Gasteiger charge is 2.41. The standard InChI is InChI=1S/C17H29NO3/c1-4-11(2)12(3)18(15-9-10-15)16(19)13-5-7-14(8-6-13)17(20)21/h11-15H,4-10H2,1-3H3,(H,20,21). The molecule has 2 saturated carbocycles. The molecule has 2 atom stereocenters. The summed E-state index contributed by atoms with van der Waals surface area (Å²) in [4.78, 5) is 26.1. The molecule has 2 aliphatic carbocycles. The van der Waals surface area contributed by atoms with Crippen molar-refractivity contribution in [2.45, 2.75) is 77.8 Å². The van der Waals surface area contributed by atoms with E-state index in [0.717, 1.165) is 32.1 Å². The molecule has 0 radical (unpaired) electrons. The van der Waals surface area contributed by atoms with E-state index in [9.17, 15) is 9.59 Å². The van der Waals surface area contributed by atoms with E-state index < -0.39 is 5.97 Å². The number of nitrogens with zero attached hydrogens (tertiary/aromatic N) is 1. The number of carboxylic acids is 1. The van der Waals surface area contributed by atoms with Crippen LogP contribution in [0.15, 0.2) is 0 Å². The molecular weight excluding hydrogens is 266 g/mol. The number of aliphatic carboxylic acids is 1. The van der Waals surface area contributed by atoms with Crippen LogP contribution in [0.2, 0.25) is 0 Å². The van der Waals surface area contributed by atoms with Gasteiger partial charge in [0, 0.05) is 18.0 Å². The molecule has 0 aliphatic heterocycles. The number of carboxylic acid groups (broad SMARTS) is 1. The summed E-state index contributed by atoms with van der Waals surface area (Å²) in [5, 5.41) is 9.07. The second kappa shape index (κ2) is 6.80. The third kappa shape index (κ3) is 3.78. The van der Waals surface area contributed by atoms with E-state index >= 15 is 0 Å². The van der Waals surface area contributed by atoms with Crippen molar-refractivity contribution in [3.8, 4) is 0 Å². The molecule has 21 heavy (non-hydrogen) atoms. The Morgan fingerprint density at radius 2 is 1.57 bits per heavy atom. The molecule has 120 valence electrons. The molecule has 0 spiro atoms. The van der Waals surface area contributed by atoms with Gasteiger partial charge in [-0.2, -0.15) is 0 Å². The molecule has 4 heteroatoms. The van der Waals surface area contributed by atoms with E-state index in [2.05, 4.69) is 25.7 Å². The molecule has 2 unspecified atom stereocenters. The molecule has 4 nitrogen and oxygen atoms in total. The van der Waals surface area contributed by atoms with Crippen LogP contribution in [-0.4, -0.2) is 34.0 Å². The van der Waals surface area contributed by atoms with Crippen LogP contribution < -0.4 is 0 Å². The van der Waals surface area contributed by atoms with Crippen LogP contribution in [0.5, 0.6) is 0 Å². The molecule has 0 saturated heterocycles. The van der Waals surface area contributed by atoms with Crippen molar-refractivity contribution in [1.29, 1.82) is 0 Å². The molecule has 0 bridgehead atoms. The largest absolute Gasteiger partial charge is 0.481 e. The first-order chi connectivity index (χ1) is 9.95. The van der Waals surface area contributed by atoms with Gasteiger partial charge < -0.3 is 10.0 Å². The number of carbonyl (C=O) groups is 2. The van der Waals surface area contributed by atoms with Crippen LogP contribution >= 0.6 is 0 Å². The van der Waals surface area contributed by atoms with Crippen molar-refractivity contribution in [3.05, 3.63) is 0 Å². The first kappa shape index (κ1) is 16.3. The molecule has 1 amide bonds. The van der Waals surface area contributed by atoms with Crippen molar-refractivity contribution in [2.75, 3.05) is 0 Å². The van der Waals surface area contributed by atoms with Crippen LogP contribution in [0.1, 0.15) is 65.7 Å². The van der Waals surface area contributed by atoms with Crippen molar-refractivity contribution in [3.63, 3.8) is 0 Å². The lowest BCUT2D eigenvalue weighted by Crippen LogP contribution is -2.47. The van der Waals surface area contributed by atoms with E-state index in [-0.39, 0.29) is 17.7 Å². The van der Waals surface area contributed by atoms with Crippen molar-refractivity contribution in [1.82, 2.24) is 4.90 Å². The van der Waals surface area contributed by atoms with Crippen molar-refractivity contribution < 1.29 is 14.7 Å². The van der Waals surface area contributed by atoms with Crippen LogP contribution in [0.3, 0.4) is 0 Å². The topological polar surface area (TPSA) is 57.6 Å². The zero-order chi connectivity index (χ0) is 15.6. The van der Waals surface area contributed by atoms with Gasteiger partial charge in [-0.25, -0.2) is 0 Å². The number of carbonyl (C=O) groups excluding carboxylic acids is 1. The van der Waals surface area contributed by atoms with E-state index in [1.807, 2.05) is 0 Å². The molecule has 0 aromatic rings. The smallest absolute Gasteiger partial charge is 0.306 e. The van der Waals surface area contributed by atoms with E-state index in [0.29, 0.717) is 30.8 Å².